The second-order valence-electron chi connectivity index (χ2n) is 5.15. The molecule has 0 amide bonds. The van der Waals surface area contributed by atoms with E-state index in [2.05, 4.69) is 5.10 Å². The van der Waals surface area contributed by atoms with E-state index >= 15 is 0 Å². The molecule has 0 saturated heterocycles. The smallest absolute Gasteiger partial charge is 0.128 e. The normalized spacial score (nSPS) is 10.7. The number of rotatable bonds is 5. The third-order valence-electron chi connectivity index (χ3n) is 3.54. The maximum absolute atomic E-state index is 5.89. The molecule has 5 heteroatoms. The summed E-state index contributed by atoms with van der Waals surface area (Å²) < 4.78 is 13.0. The monoisotopic (exact) mass is 328 g/mol. The lowest BCUT2D eigenvalue weighted by Crippen LogP contribution is -2.00. The molecule has 118 valence electrons. The summed E-state index contributed by atoms with van der Waals surface area (Å²) in [4.78, 5) is 0. The van der Waals surface area contributed by atoms with Crippen molar-refractivity contribution >= 4 is 11.6 Å². The van der Waals surface area contributed by atoms with Gasteiger partial charge in [-0.05, 0) is 42.0 Å². The van der Waals surface area contributed by atoms with Crippen LogP contribution in [0.25, 0.3) is 11.1 Å². The first-order valence-electron chi connectivity index (χ1n) is 7.21. The average molecular weight is 329 g/mol. The van der Waals surface area contributed by atoms with Crippen LogP contribution in [0.3, 0.4) is 0 Å². The van der Waals surface area contributed by atoms with Gasteiger partial charge >= 0.3 is 0 Å². The molecule has 0 N–H and O–H groups in total. The summed E-state index contributed by atoms with van der Waals surface area (Å²) in [6.45, 7) is 0.508. The van der Waals surface area contributed by atoms with Crippen molar-refractivity contribution in [2.24, 2.45) is 7.05 Å². The van der Waals surface area contributed by atoms with Crippen LogP contribution in [0.1, 0.15) is 5.69 Å². The van der Waals surface area contributed by atoms with E-state index in [-0.39, 0.29) is 0 Å². The Morgan fingerprint density at radius 2 is 1.87 bits per heavy atom. The number of halogens is 1. The fraction of sp³-hybridized carbons (Fsp3) is 0.167. The number of hydrogen-bond acceptors (Lipinski definition) is 3. The standard InChI is InChI=1S/C18H17ClN2O2/c1-21-18(12-22-2)17(11-20-21)13-4-3-5-16(10-13)23-15-8-6-14(19)7-9-15/h3-11H,12H2,1-2H3. The summed E-state index contributed by atoms with van der Waals surface area (Å²) in [5.74, 6) is 1.51. The van der Waals surface area contributed by atoms with Crippen molar-refractivity contribution in [2.75, 3.05) is 7.11 Å². The Hall–Kier alpha value is -2.30. The van der Waals surface area contributed by atoms with Crippen LogP contribution >= 0.6 is 11.6 Å². The highest BCUT2D eigenvalue weighted by molar-refractivity contribution is 6.30. The van der Waals surface area contributed by atoms with Crippen LogP contribution in [-0.4, -0.2) is 16.9 Å². The third-order valence-corrected chi connectivity index (χ3v) is 3.79. The third kappa shape index (κ3) is 3.55. The van der Waals surface area contributed by atoms with Crippen LogP contribution in [0.4, 0.5) is 0 Å². The number of hydrogen-bond donors (Lipinski definition) is 0. The molecule has 4 nitrogen and oxygen atoms in total. The topological polar surface area (TPSA) is 36.3 Å². The SMILES string of the molecule is COCc1c(-c2cccc(Oc3ccc(Cl)cc3)c2)cnn1C. The van der Waals surface area contributed by atoms with Gasteiger partial charge < -0.3 is 9.47 Å². The van der Waals surface area contributed by atoms with Gasteiger partial charge in [0.05, 0.1) is 18.5 Å². The van der Waals surface area contributed by atoms with Crippen molar-refractivity contribution in [2.45, 2.75) is 6.61 Å². The van der Waals surface area contributed by atoms with E-state index < -0.39 is 0 Å². The van der Waals surface area contributed by atoms with Crippen LogP contribution in [0.15, 0.2) is 54.7 Å². The van der Waals surface area contributed by atoms with Crippen molar-refractivity contribution in [3.05, 3.63) is 65.4 Å². The van der Waals surface area contributed by atoms with E-state index in [1.807, 2.05) is 54.3 Å². The molecule has 0 aliphatic heterocycles. The Morgan fingerprint density at radius 3 is 2.61 bits per heavy atom. The van der Waals surface area contributed by atoms with E-state index in [0.717, 1.165) is 28.3 Å². The molecule has 0 aliphatic carbocycles. The zero-order valence-corrected chi connectivity index (χ0v) is 13.7. The Balaban J connectivity index is 1.89. The Labute approximate surface area is 140 Å². The number of aryl methyl sites for hydroxylation is 1. The van der Waals surface area contributed by atoms with E-state index in [4.69, 9.17) is 21.1 Å². The summed E-state index contributed by atoms with van der Waals surface area (Å²) in [6.07, 6.45) is 1.84. The molecule has 0 spiro atoms. The molecule has 0 atom stereocenters. The van der Waals surface area contributed by atoms with E-state index in [1.165, 1.54) is 0 Å². The molecule has 23 heavy (non-hydrogen) atoms. The van der Waals surface area contributed by atoms with Crippen molar-refractivity contribution in [3.8, 4) is 22.6 Å². The molecule has 0 aliphatic rings. The van der Waals surface area contributed by atoms with E-state index in [0.29, 0.717) is 11.6 Å². The first kappa shape index (κ1) is 15.6. The number of nitrogens with zero attached hydrogens (tertiary/aromatic N) is 2. The molecule has 2 aromatic carbocycles. The first-order chi connectivity index (χ1) is 11.2. The van der Waals surface area contributed by atoms with Crippen molar-refractivity contribution in [1.82, 2.24) is 9.78 Å². The summed E-state index contributed by atoms with van der Waals surface area (Å²) in [5.41, 5.74) is 3.10. The number of benzene rings is 2. The first-order valence-corrected chi connectivity index (χ1v) is 7.59. The second-order valence-corrected chi connectivity index (χ2v) is 5.58. The molecule has 0 fully saturated rings. The van der Waals surface area contributed by atoms with Gasteiger partial charge in [0.1, 0.15) is 11.5 Å². The molecule has 0 unspecified atom stereocenters. The summed E-state index contributed by atoms with van der Waals surface area (Å²) in [5, 5.41) is 5.00. The second kappa shape index (κ2) is 6.86. The molecule has 3 rings (SSSR count). The summed E-state index contributed by atoms with van der Waals surface area (Å²) in [7, 11) is 3.59. The van der Waals surface area contributed by atoms with Gasteiger partial charge in [-0.15, -0.1) is 0 Å². The largest absolute Gasteiger partial charge is 0.457 e. The highest BCUT2D eigenvalue weighted by atomic mass is 35.5. The highest BCUT2D eigenvalue weighted by Crippen LogP contribution is 2.29. The highest BCUT2D eigenvalue weighted by Gasteiger charge is 2.11. The van der Waals surface area contributed by atoms with Gasteiger partial charge in [0.2, 0.25) is 0 Å². The molecule has 0 bridgehead atoms. The van der Waals surface area contributed by atoms with Gasteiger partial charge in [0.15, 0.2) is 0 Å². The average Bonchev–Trinajstić information content (AvgIpc) is 2.92. The predicted octanol–water partition coefficient (Wildman–Crippen LogP) is 4.68. The van der Waals surface area contributed by atoms with Gasteiger partial charge in [0, 0.05) is 24.7 Å². The van der Waals surface area contributed by atoms with Crippen LogP contribution in [0.2, 0.25) is 5.02 Å². The molecule has 1 aromatic heterocycles. The van der Waals surface area contributed by atoms with Crippen molar-refractivity contribution in [3.63, 3.8) is 0 Å². The van der Waals surface area contributed by atoms with Gasteiger partial charge in [-0.1, -0.05) is 23.7 Å². The molecule has 3 aromatic rings. The minimum atomic E-state index is 0.508. The van der Waals surface area contributed by atoms with Crippen LogP contribution in [-0.2, 0) is 18.4 Å². The molecule has 0 radical (unpaired) electrons. The zero-order chi connectivity index (χ0) is 16.2. The van der Waals surface area contributed by atoms with Crippen LogP contribution in [0.5, 0.6) is 11.5 Å². The van der Waals surface area contributed by atoms with Crippen molar-refractivity contribution in [1.29, 1.82) is 0 Å². The van der Waals surface area contributed by atoms with Crippen LogP contribution in [0, 0.1) is 0 Å². The molecule has 1 heterocycles. The molecular weight excluding hydrogens is 312 g/mol. The lowest BCUT2D eigenvalue weighted by Gasteiger charge is -2.09. The predicted molar refractivity (Wildman–Crippen MR) is 90.9 cm³/mol. The van der Waals surface area contributed by atoms with Gasteiger partial charge in [-0.2, -0.15) is 5.10 Å². The Bertz CT molecular complexity index is 797. The molecular formula is C18H17ClN2O2. The number of aromatic nitrogens is 2. The van der Waals surface area contributed by atoms with Gasteiger partial charge in [-0.25, -0.2) is 0 Å². The summed E-state index contributed by atoms with van der Waals surface area (Å²) in [6, 6.07) is 15.2. The Kier molecular flexibility index (Phi) is 4.65. The fourth-order valence-electron chi connectivity index (χ4n) is 2.38. The van der Waals surface area contributed by atoms with Crippen molar-refractivity contribution < 1.29 is 9.47 Å². The maximum Gasteiger partial charge on any atom is 0.128 e. The van der Waals surface area contributed by atoms with Gasteiger partial charge in [-0.3, -0.25) is 4.68 Å². The van der Waals surface area contributed by atoms with Crippen LogP contribution < -0.4 is 4.74 Å². The lowest BCUT2D eigenvalue weighted by atomic mass is 10.1. The zero-order valence-electron chi connectivity index (χ0n) is 13.0. The molecule has 0 saturated carbocycles. The minimum absolute atomic E-state index is 0.508. The number of methoxy groups -OCH3 is 1. The van der Waals surface area contributed by atoms with E-state index in [1.54, 1.807) is 19.2 Å². The van der Waals surface area contributed by atoms with Gasteiger partial charge in [0.25, 0.3) is 0 Å². The fourth-order valence-corrected chi connectivity index (χ4v) is 2.50. The number of ether oxygens (including phenoxy) is 2. The van der Waals surface area contributed by atoms with E-state index in [9.17, 15) is 0 Å². The lowest BCUT2D eigenvalue weighted by molar-refractivity contribution is 0.178. The summed E-state index contributed by atoms with van der Waals surface area (Å²) >= 11 is 5.89. The minimum Gasteiger partial charge on any atom is -0.457 e. The maximum atomic E-state index is 5.89. The quantitative estimate of drug-likeness (QED) is 0.682. The Morgan fingerprint density at radius 1 is 1.09 bits per heavy atom.